The van der Waals surface area contributed by atoms with Crippen LogP contribution in [0.3, 0.4) is 0 Å². The third kappa shape index (κ3) is 3.75. The van der Waals surface area contributed by atoms with E-state index in [4.69, 9.17) is 9.97 Å². The van der Waals surface area contributed by atoms with E-state index in [1.807, 2.05) is 6.07 Å². The number of benzene rings is 6. The number of aromatic nitrogens is 3. The molecule has 3 aromatic heterocycles. The first kappa shape index (κ1) is 23.9. The van der Waals surface area contributed by atoms with E-state index in [1.165, 1.54) is 27.2 Å². The molecule has 3 nitrogen and oxygen atoms in total. The summed E-state index contributed by atoms with van der Waals surface area (Å²) in [5.74, 6) is 0. The molecule has 0 radical (unpaired) electrons. The number of para-hydroxylation sites is 4. The highest BCUT2D eigenvalue weighted by Crippen LogP contribution is 2.40. The van der Waals surface area contributed by atoms with Crippen LogP contribution in [0.2, 0.25) is 0 Å². The van der Waals surface area contributed by atoms with E-state index in [9.17, 15) is 0 Å². The van der Waals surface area contributed by atoms with Gasteiger partial charge in [0.05, 0.1) is 33.5 Å². The van der Waals surface area contributed by atoms with E-state index in [0.717, 1.165) is 55.4 Å². The van der Waals surface area contributed by atoms with Crippen molar-refractivity contribution in [2.24, 2.45) is 0 Å². The minimum absolute atomic E-state index is 0.956. The Hall–Kier alpha value is -5.80. The van der Waals surface area contributed by atoms with Gasteiger partial charge in [0.15, 0.2) is 0 Å². The number of pyridine rings is 2. The number of rotatable bonds is 3. The van der Waals surface area contributed by atoms with Crippen LogP contribution in [-0.2, 0) is 0 Å². The molecule has 0 aliphatic rings. The Bertz CT molecular complexity index is 2510. The van der Waals surface area contributed by atoms with Crippen molar-refractivity contribution in [1.82, 2.24) is 14.5 Å². The molecule has 3 heteroatoms. The molecule has 9 aromatic rings. The van der Waals surface area contributed by atoms with E-state index in [0.29, 0.717) is 0 Å². The molecule has 0 saturated carbocycles. The summed E-state index contributed by atoms with van der Waals surface area (Å²) in [6, 6.07) is 53.6. The van der Waals surface area contributed by atoms with Crippen molar-refractivity contribution in [3.63, 3.8) is 0 Å². The summed E-state index contributed by atoms with van der Waals surface area (Å²) >= 11 is 0. The molecule has 0 atom stereocenters. The van der Waals surface area contributed by atoms with Crippen molar-refractivity contribution in [2.45, 2.75) is 0 Å². The average molecular weight is 548 g/mol. The maximum atomic E-state index is 5.29. The molecule has 0 aliphatic heterocycles. The molecule has 0 N–H and O–H groups in total. The van der Waals surface area contributed by atoms with Gasteiger partial charge in [0.1, 0.15) is 0 Å². The Morgan fingerprint density at radius 1 is 0.395 bits per heavy atom. The highest BCUT2D eigenvalue weighted by atomic mass is 15.0. The van der Waals surface area contributed by atoms with Crippen LogP contribution in [0.4, 0.5) is 0 Å². The summed E-state index contributed by atoms with van der Waals surface area (Å²) in [6.07, 6.45) is 0. The summed E-state index contributed by atoms with van der Waals surface area (Å²) in [5, 5.41) is 7.13. The third-order valence-corrected chi connectivity index (χ3v) is 8.54. The van der Waals surface area contributed by atoms with Crippen molar-refractivity contribution in [2.75, 3.05) is 0 Å². The van der Waals surface area contributed by atoms with Gasteiger partial charge in [-0.05, 0) is 60.0 Å². The van der Waals surface area contributed by atoms with Gasteiger partial charge < -0.3 is 4.57 Å². The quantitative estimate of drug-likeness (QED) is 0.206. The van der Waals surface area contributed by atoms with Gasteiger partial charge >= 0.3 is 0 Å². The first-order valence-electron chi connectivity index (χ1n) is 14.6. The fourth-order valence-electron chi connectivity index (χ4n) is 6.54. The monoisotopic (exact) mass is 547 g/mol. The standard InChI is InChI=1S/C40H25N3/c1-2-14-29(15-3-1)43-38-20-9-6-17-31(38)33-24-32-30-16-5-8-19-37(30)42-40(34(32)25-39(33)43)28-13-10-12-27(23-28)36-22-21-26-11-4-7-18-35(26)41-36/h1-25H. The van der Waals surface area contributed by atoms with Gasteiger partial charge in [-0.25, -0.2) is 9.97 Å². The number of nitrogens with zero attached hydrogens (tertiary/aromatic N) is 3. The van der Waals surface area contributed by atoms with Crippen molar-refractivity contribution in [3.05, 3.63) is 152 Å². The van der Waals surface area contributed by atoms with Crippen molar-refractivity contribution >= 4 is 54.4 Å². The molecule has 0 bridgehead atoms. The summed E-state index contributed by atoms with van der Waals surface area (Å²) in [5.41, 5.74) is 9.58. The van der Waals surface area contributed by atoms with E-state index < -0.39 is 0 Å². The lowest BCUT2D eigenvalue weighted by Crippen LogP contribution is -1.94. The van der Waals surface area contributed by atoms with Crippen LogP contribution in [0.1, 0.15) is 0 Å². The normalized spacial score (nSPS) is 11.7. The second-order valence-corrected chi connectivity index (χ2v) is 11.1. The molecule has 0 spiro atoms. The van der Waals surface area contributed by atoms with E-state index in [-0.39, 0.29) is 0 Å². The SMILES string of the molecule is c1ccc(-n2c3ccccc3c3cc4c(cc32)c(-c2cccc(-c3ccc5ccccc5n3)c2)nc2ccccc24)cc1. The molecular formula is C40H25N3. The third-order valence-electron chi connectivity index (χ3n) is 8.54. The highest BCUT2D eigenvalue weighted by molar-refractivity contribution is 6.20. The lowest BCUT2D eigenvalue weighted by atomic mass is 9.96. The minimum Gasteiger partial charge on any atom is -0.309 e. The Morgan fingerprint density at radius 3 is 2.05 bits per heavy atom. The topological polar surface area (TPSA) is 30.7 Å². The molecule has 9 rings (SSSR count). The van der Waals surface area contributed by atoms with Gasteiger partial charge in [-0.15, -0.1) is 0 Å². The molecule has 0 saturated heterocycles. The lowest BCUT2D eigenvalue weighted by molar-refractivity contribution is 1.18. The molecule has 6 aromatic carbocycles. The Kier molecular flexibility index (Phi) is 5.20. The second kappa shape index (κ2) is 9.37. The molecular weight excluding hydrogens is 522 g/mol. The largest absolute Gasteiger partial charge is 0.309 e. The molecule has 200 valence electrons. The summed E-state index contributed by atoms with van der Waals surface area (Å²) in [4.78, 5) is 10.3. The zero-order chi connectivity index (χ0) is 28.3. The average Bonchev–Trinajstić information content (AvgIpc) is 3.40. The smallest absolute Gasteiger partial charge is 0.0789 e. The van der Waals surface area contributed by atoms with Crippen LogP contribution in [0.15, 0.2) is 152 Å². The first-order chi connectivity index (χ1) is 21.3. The van der Waals surface area contributed by atoms with Crippen molar-refractivity contribution in [1.29, 1.82) is 0 Å². The van der Waals surface area contributed by atoms with Gasteiger partial charge in [-0.1, -0.05) is 97.1 Å². The van der Waals surface area contributed by atoms with Crippen LogP contribution in [0, 0.1) is 0 Å². The number of fused-ring (bicyclic) bond motifs is 7. The molecule has 0 fully saturated rings. The summed E-state index contributed by atoms with van der Waals surface area (Å²) in [7, 11) is 0. The zero-order valence-corrected chi connectivity index (χ0v) is 23.3. The minimum atomic E-state index is 0.956. The molecule has 3 heterocycles. The fraction of sp³-hybridized carbons (Fsp3) is 0. The Balaban J connectivity index is 1.35. The maximum Gasteiger partial charge on any atom is 0.0789 e. The van der Waals surface area contributed by atoms with E-state index >= 15 is 0 Å². The molecule has 0 unspecified atom stereocenters. The number of hydrogen-bond donors (Lipinski definition) is 0. The van der Waals surface area contributed by atoms with Crippen LogP contribution in [0.25, 0.3) is 82.6 Å². The molecule has 0 amide bonds. The number of hydrogen-bond acceptors (Lipinski definition) is 2. The first-order valence-corrected chi connectivity index (χ1v) is 14.6. The predicted octanol–water partition coefficient (Wildman–Crippen LogP) is 10.4. The lowest BCUT2D eigenvalue weighted by Gasteiger charge is -2.13. The van der Waals surface area contributed by atoms with Crippen molar-refractivity contribution in [3.8, 4) is 28.2 Å². The second-order valence-electron chi connectivity index (χ2n) is 11.1. The van der Waals surface area contributed by atoms with Crippen LogP contribution in [-0.4, -0.2) is 14.5 Å². The van der Waals surface area contributed by atoms with Crippen LogP contribution < -0.4 is 0 Å². The Labute approximate surface area is 248 Å². The van der Waals surface area contributed by atoms with Gasteiger partial charge in [0.25, 0.3) is 0 Å². The van der Waals surface area contributed by atoms with Gasteiger partial charge in [-0.3, -0.25) is 0 Å². The van der Waals surface area contributed by atoms with Gasteiger partial charge in [0, 0.05) is 43.7 Å². The van der Waals surface area contributed by atoms with E-state index in [1.54, 1.807) is 0 Å². The maximum absolute atomic E-state index is 5.29. The predicted molar refractivity (Wildman–Crippen MR) is 180 cm³/mol. The Morgan fingerprint density at radius 2 is 1.14 bits per heavy atom. The van der Waals surface area contributed by atoms with Gasteiger partial charge in [0.2, 0.25) is 0 Å². The van der Waals surface area contributed by atoms with Crippen LogP contribution in [0.5, 0.6) is 0 Å². The van der Waals surface area contributed by atoms with Crippen LogP contribution >= 0.6 is 0 Å². The van der Waals surface area contributed by atoms with E-state index in [2.05, 4.69) is 150 Å². The summed E-state index contributed by atoms with van der Waals surface area (Å²) < 4.78 is 2.37. The highest BCUT2D eigenvalue weighted by Gasteiger charge is 2.17. The zero-order valence-electron chi connectivity index (χ0n) is 23.3. The van der Waals surface area contributed by atoms with Gasteiger partial charge in [-0.2, -0.15) is 0 Å². The van der Waals surface area contributed by atoms with Crippen molar-refractivity contribution < 1.29 is 0 Å². The molecule has 43 heavy (non-hydrogen) atoms. The summed E-state index contributed by atoms with van der Waals surface area (Å²) in [6.45, 7) is 0. The molecule has 0 aliphatic carbocycles. The fourth-order valence-corrected chi connectivity index (χ4v) is 6.54.